The molecule has 0 aliphatic heterocycles. The van der Waals surface area contributed by atoms with Gasteiger partial charge in [-0.05, 0) is 20.3 Å². The van der Waals surface area contributed by atoms with Gasteiger partial charge in [0.25, 0.3) is 0 Å². The average molecular weight is 225 g/mol. The van der Waals surface area contributed by atoms with Crippen LogP contribution < -0.4 is 5.32 Å². The molecule has 0 fully saturated rings. The number of methoxy groups -OCH3 is 1. The lowest BCUT2D eigenvalue weighted by atomic mass is 10.2. The van der Waals surface area contributed by atoms with E-state index in [4.69, 9.17) is 4.74 Å². The van der Waals surface area contributed by atoms with E-state index in [2.05, 4.69) is 15.3 Å². The number of hydrogen-bond acceptors (Lipinski definition) is 5. The molecule has 0 radical (unpaired) electrons. The number of hydrogen-bond donors (Lipinski definition) is 2. The molecule has 1 atom stereocenters. The van der Waals surface area contributed by atoms with Crippen LogP contribution in [0.5, 0.6) is 0 Å². The second kappa shape index (κ2) is 6.40. The van der Waals surface area contributed by atoms with Crippen molar-refractivity contribution in [3.8, 4) is 0 Å². The average Bonchev–Trinajstić information content (AvgIpc) is 2.24. The zero-order chi connectivity index (χ0) is 12.0. The normalized spacial score (nSPS) is 12.5. The smallest absolute Gasteiger partial charge is 0.144 e. The lowest BCUT2D eigenvalue weighted by Gasteiger charge is -2.10. The molecule has 0 saturated heterocycles. The molecule has 1 aromatic heterocycles. The first-order valence-electron chi connectivity index (χ1n) is 5.34. The summed E-state index contributed by atoms with van der Waals surface area (Å²) in [6.07, 6.45) is 1.89. The van der Waals surface area contributed by atoms with E-state index in [0.29, 0.717) is 19.6 Å². The Morgan fingerprint density at radius 1 is 1.44 bits per heavy atom. The van der Waals surface area contributed by atoms with Gasteiger partial charge in [-0.15, -0.1) is 0 Å². The van der Waals surface area contributed by atoms with Crippen molar-refractivity contribution in [3.63, 3.8) is 0 Å². The van der Waals surface area contributed by atoms with E-state index in [9.17, 15) is 5.11 Å². The molecular weight excluding hydrogens is 206 g/mol. The summed E-state index contributed by atoms with van der Waals surface area (Å²) >= 11 is 0. The fourth-order valence-corrected chi connectivity index (χ4v) is 1.27. The summed E-state index contributed by atoms with van der Waals surface area (Å²) in [6, 6.07) is 0. The van der Waals surface area contributed by atoms with Crippen molar-refractivity contribution in [2.24, 2.45) is 0 Å². The quantitative estimate of drug-likeness (QED) is 0.753. The van der Waals surface area contributed by atoms with Gasteiger partial charge in [-0.2, -0.15) is 0 Å². The van der Waals surface area contributed by atoms with E-state index in [1.807, 2.05) is 13.8 Å². The summed E-state index contributed by atoms with van der Waals surface area (Å²) < 4.78 is 4.84. The van der Waals surface area contributed by atoms with Gasteiger partial charge >= 0.3 is 0 Å². The molecule has 0 aromatic carbocycles. The molecule has 1 aromatic rings. The maximum Gasteiger partial charge on any atom is 0.144 e. The molecule has 0 bridgehead atoms. The van der Waals surface area contributed by atoms with Crippen LogP contribution in [0.15, 0.2) is 6.20 Å². The van der Waals surface area contributed by atoms with E-state index < -0.39 is 6.10 Å². The molecule has 1 heterocycles. The Morgan fingerprint density at radius 3 is 2.81 bits per heavy atom. The SMILES string of the molecule is COCC(O)CCNc1cnc(C)c(C)n1. The van der Waals surface area contributed by atoms with Crippen molar-refractivity contribution in [1.29, 1.82) is 0 Å². The number of aromatic nitrogens is 2. The molecule has 0 saturated carbocycles. The molecule has 2 N–H and O–H groups in total. The van der Waals surface area contributed by atoms with E-state index in [0.717, 1.165) is 17.2 Å². The van der Waals surface area contributed by atoms with Gasteiger partial charge < -0.3 is 15.2 Å². The molecule has 0 aliphatic carbocycles. The van der Waals surface area contributed by atoms with Crippen molar-refractivity contribution in [1.82, 2.24) is 9.97 Å². The summed E-state index contributed by atoms with van der Waals surface area (Å²) in [7, 11) is 1.57. The van der Waals surface area contributed by atoms with Gasteiger partial charge in [0.2, 0.25) is 0 Å². The number of ether oxygens (including phenoxy) is 1. The van der Waals surface area contributed by atoms with Crippen molar-refractivity contribution < 1.29 is 9.84 Å². The third-order valence-corrected chi connectivity index (χ3v) is 2.33. The third kappa shape index (κ3) is 4.12. The Balaban J connectivity index is 2.34. The fraction of sp³-hybridized carbons (Fsp3) is 0.636. The first-order chi connectivity index (χ1) is 7.63. The maximum atomic E-state index is 9.42. The minimum Gasteiger partial charge on any atom is -0.391 e. The van der Waals surface area contributed by atoms with Crippen molar-refractivity contribution in [2.75, 3.05) is 25.6 Å². The van der Waals surface area contributed by atoms with Crippen LogP contribution in [0.2, 0.25) is 0 Å². The molecule has 1 unspecified atom stereocenters. The highest BCUT2D eigenvalue weighted by Gasteiger charge is 2.03. The van der Waals surface area contributed by atoms with E-state index >= 15 is 0 Å². The van der Waals surface area contributed by atoms with Crippen molar-refractivity contribution in [2.45, 2.75) is 26.4 Å². The highest BCUT2D eigenvalue weighted by molar-refractivity contribution is 5.33. The number of nitrogens with one attached hydrogen (secondary N) is 1. The second-order valence-corrected chi connectivity index (χ2v) is 3.75. The number of aliphatic hydroxyl groups excluding tert-OH is 1. The summed E-state index contributed by atoms with van der Waals surface area (Å²) in [5.74, 6) is 0.743. The predicted octanol–water partition coefficient (Wildman–Crippen LogP) is 0.903. The number of aryl methyl sites for hydroxylation is 2. The van der Waals surface area contributed by atoms with Gasteiger partial charge in [0.15, 0.2) is 0 Å². The summed E-state index contributed by atoms with van der Waals surface area (Å²) in [6.45, 7) is 4.86. The van der Waals surface area contributed by atoms with E-state index in [-0.39, 0.29) is 0 Å². The highest BCUT2D eigenvalue weighted by Crippen LogP contribution is 2.05. The van der Waals surface area contributed by atoms with E-state index in [1.165, 1.54) is 0 Å². The number of aliphatic hydroxyl groups is 1. The molecule has 16 heavy (non-hydrogen) atoms. The molecule has 0 spiro atoms. The fourth-order valence-electron chi connectivity index (χ4n) is 1.27. The molecule has 90 valence electrons. The number of nitrogens with zero attached hydrogens (tertiary/aromatic N) is 2. The number of anilines is 1. The van der Waals surface area contributed by atoms with Crippen LogP contribution in [0.25, 0.3) is 0 Å². The van der Waals surface area contributed by atoms with Gasteiger partial charge in [0, 0.05) is 13.7 Å². The largest absolute Gasteiger partial charge is 0.391 e. The molecule has 0 amide bonds. The molecule has 5 nitrogen and oxygen atoms in total. The van der Waals surface area contributed by atoms with Gasteiger partial charge in [-0.3, -0.25) is 4.98 Å². The molecular formula is C11H19N3O2. The minimum absolute atomic E-state index is 0.361. The minimum atomic E-state index is -0.433. The third-order valence-electron chi connectivity index (χ3n) is 2.33. The Morgan fingerprint density at radius 2 is 2.19 bits per heavy atom. The standard InChI is InChI=1S/C11H19N3O2/c1-8-9(2)14-11(6-13-8)12-5-4-10(15)7-16-3/h6,10,15H,4-5,7H2,1-3H3,(H,12,14). The van der Waals surface area contributed by atoms with Crippen LogP contribution in [-0.2, 0) is 4.74 Å². The van der Waals surface area contributed by atoms with Gasteiger partial charge in [-0.1, -0.05) is 0 Å². The first-order valence-corrected chi connectivity index (χ1v) is 5.34. The van der Waals surface area contributed by atoms with Crippen LogP contribution in [0.1, 0.15) is 17.8 Å². The van der Waals surface area contributed by atoms with E-state index in [1.54, 1.807) is 13.3 Å². The Labute approximate surface area is 95.9 Å². The van der Waals surface area contributed by atoms with Crippen molar-refractivity contribution in [3.05, 3.63) is 17.6 Å². The topological polar surface area (TPSA) is 67.3 Å². The summed E-state index contributed by atoms with van der Waals surface area (Å²) in [5, 5.41) is 12.5. The monoisotopic (exact) mass is 225 g/mol. The Bertz CT molecular complexity index is 331. The highest BCUT2D eigenvalue weighted by atomic mass is 16.5. The predicted molar refractivity (Wildman–Crippen MR) is 62.5 cm³/mol. The molecule has 0 aliphatic rings. The summed E-state index contributed by atoms with van der Waals surface area (Å²) in [4.78, 5) is 8.53. The van der Waals surface area contributed by atoms with Crippen molar-refractivity contribution >= 4 is 5.82 Å². The molecule has 1 rings (SSSR count). The van der Waals surface area contributed by atoms with Crippen LogP contribution in [0.3, 0.4) is 0 Å². The van der Waals surface area contributed by atoms with Gasteiger partial charge in [0.1, 0.15) is 5.82 Å². The first kappa shape index (κ1) is 12.9. The Hall–Kier alpha value is -1.20. The van der Waals surface area contributed by atoms with Crippen LogP contribution in [0, 0.1) is 13.8 Å². The molecule has 5 heteroatoms. The maximum absolute atomic E-state index is 9.42. The number of rotatable bonds is 6. The van der Waals surface area contributed by atoms with Crippen LogP contribution in [0.4, 0.5) is 5.82 Å². The Kier molecular flexibility index (Phi) is 5.14. The van der Waals surface area contributed by atoms with Crippen LogP contribution in [-0.4, -0.2) is 41.4 Å². The zero-order valence-corrected chi connectivity index (χ0v) is 10.0. The zero-order valence-electron chi connectivity index (χ0n) is 10.0. The summed E-state index contributed by atoms with van der Waals surface area (Å²) in [5.41, 5.74) is 1.85. The van der Waals surface area contributed by atoms with Gasteiger partial charge in [-0.25, -0.2) is 4.98 Å². The van der Waals surface area contributed by atoms with Crippen LogP contribution >= 0.6 is 0 Å². The lowest BCUT2D eigenvalue weighted by Crippen LogP contribution is -2.18. The lowest BCUT2D eigenvalue weighted by molar-refractivity contribution is 0.0615. The second-order valence-electron chi connectivity index (χ2n) is 3.75. The van der Waals surface area contributed by atoms with Gasteiger partial charge in [0.05, 0.1) is 30.3 Å².